The van der Waals surface area contributed by atoms with Gasteiger partial charge in [0.2, 0.25) is 0 Å². The Morgan fingerprint density at radius 3 is 2.25 bits per heavy atom. The molecule has 0 radical (unpaired) electrons. The number of Topliss-reactive ketones (excluding diaryl/α,β-unsaturated/α-hetero) is 2. The van der Waals surface area contributed by atoms with Gasteiger partial charge in [0, 0.05) is 11.1 Å². The van der Waals surface area contributed by atoms with Crippen LogP contribution in [0.4, 0.5) is 0 Å². The van der Waals surface area contributed by atoms with Crippen LogP contribution in [0.1, 0.15) is 20.7 Å². The maximum Gasteiger partial charge on any atom is 0.197 e. The van der Waals surface area contributed by atoms with Crippen molar-refractivity contribution in [1.29, 1.82) is 0 Å². The van der Waals surface area contributed by atoms with Crippen molar-refractivity contribution >= 4 is 11.6 Å². The lowest BCUT2D eigenvalue weighted by Crippen LogP contribution is -2.18. The Morgan fingerprint density at radius 1 is 1.19 bits per heavy atom. The summed E-state index contributed by atoms with van der Waals surface area (Å²) < 4.78 is 0. The van der Waals surface area contributed by atoms with Crippen molar-refractivity contribution in [3.05, 3.63) is 48.0 Å². The van der Waals surface area contributed by atoms with E-state index >= 15 is 0 Å². The predicted molar refractivity (Wildman–Crippen MR) is 58.8 cm³/mol. The standard InChI is InChI=1S/C12H10N2O2/c1-2-7-13-14-10-11(15)8-5-3-4-6-9(8)12(10)16/h2-6,10H,1,7H2. The van der Waals surface area contributed by atoms with E-state index in [4.69, 9.17) is 0 Å². The summed E-state index contributed by atoms with van der Waals surface area (Å²) in [6, 6.07) is 5.75. The van der Waals surface area contributed by atoms with Gasteiger partial charge in [-0.15, -0.1) is 6.58 Å². The number of azo groups is 1. The summed E-state index contributed by atoms with van der Waals surface area (Å²) in [6.45, 7) is 3.79. The minimum atomic E-state index is -0.989. The molecule has 16 heavy (non-hydrogen) atoms. The van der Waals surface area contributed by atoms with Crippen LogP contribution in [-0.4, -0.2) is 24.2 Å². The van der Waals surface area contributed by atoms with Crippen LogP contribution in [0.5, 0.6) is 0 Å². The predicted octanol–water partition coefficient (Wildman–Crippen LogP) is 2.07. The summed E-state index contributed by atoms with van der Waals surface area (Å²) >= 11 is 0. The van der Waals surface area contributed by atoms with Crippen molar-refractivity contribution in [2.24, 2.45) is 10.2 Å². The first-order chi connectivity index (χ1) is 7.75. The van der Waals surface area contributed by atoms with E-state index in [-0.39, 0.29) is 11.6 Å². The number of rotatable bonds is 3. The van der Waals surface area contributed by atoms with Crippen LogP contribution >= 0.6 is 0 Å². The molecule has 0 atom stereocenters. The molecule has 0 aliphatic heterocycles. The number of hydrogen-bond acceptors (Lipinski definition) is 4. The molecular weight excluding hydrogens is 204 g/mol. The van der Waals surface area contributed by atoms with Gasteiger partial charge in [-0.2, -0.15) is 10.2 Å². The average molecular weight is 214 g/mol. The zero-order chi connectivity index (χ0) is 11.5. The molecule has 2 rings (SSSR count). The molecule has 0 saturated heterocycles. The molecule has 0 amide bonds. The van der Waals surface area contributed by atoms with Gasteiger partial charge in [-0.25, -0.2) is 0 Å². The molecule has 0 heterocycles. The van der Waals surface area contributed by atoms with Crippen molar-refractivity contribution in [1.82, 2.24) is 0 Å². The minimum Gasteiger partial charge on any atom is -0.291 e. The fourth-order valence-electron chi connectivity index (χ4n) is 1.62. The van der Waals surface area contributed by atoms with Gasteiger partial charge in [0.05, 0.1) is 6.54 Å². The van der Waals surface area contributed by atoms with E-state index in [0.717, 1.165) is 0 Å². The number of fused-ring (bicyclic) bond motifs is 1. The number of nitrogens with zero attached hydrogens (tertiary/aromatic N) is 2. The summed E-state index contributed by atoms with van der Waals surface area (Å²) in [6.07, 6.45) is 1.56. The highest BCUT2D eigenvalue weighted by Gasteiger charge is 2.38. The Balaban J connectivity index is 2.31. The van der Waals surface area contributed by atoms with Gasteiger partial charge in [0.15, 0.2) is 17.6 Å². The first-order valence-electron chi connectivity index (χ1n) is 4.90. The normalized spacial score (nSPS) is 15.8. The Kier molecular flexibility index (Phi) is 2.72. The summed E-state index contributed by atoms with van der Waals surface area (Å²) in [5.41, 5.74) is 0.880. The lowest BCUT2D eigenvalue weighted by molar-refractivity contribution is 0.0890. The fraction of sp³-hybridized carbons (Fsp3) is 0.167. The second-order valence-corrected chi connectivity index (χ2v) is 3.40. The number of hydrogen-bond donors (Lipinski definition) is 0. The summed E-state index contributed by atoms with van der Waals surface area (Å²) in [5.74, 6) is -0.540. The van der Waals surface area contributed by atoms with Gasteiger partial charge >= 0.3 is 0 Å². The highest BCUT2D eigenvalue weighted by molar-refractivity contribution is 6.29. The summed E-state index contributed by atoms with van der Waals surface area (Å²) in [7, 11) is 0. The second-order valence-electron chi connectivity index (χ2n) is 3.40. The smallest absolute Gasteiger partial charge is 0.197 e. The molecule has 0 spiro atoms. The molecule has 0 bridgehead atoms. The van der Waals surface area contributed by atoms with E-state index in [0.29, 0.717) is 17.7 Å². The molecule has 4 heteroatoms. The average Bonchev–Trinajstić information content (AvgIpc) is 2.55. The van der Waals surface area contributed by atoms with Crippen molar-refractivity contribution < 1.29 is 9.59 Å². The largest absolute Gasteiger partial charge is 0.291 e. The number of ketones is 2. The van der Waals surface area contributed by atoms with Crippen molar-refractivity contribution in [3.63, 3.8) is 0 Å². The topological polar surface area (TPSA) is 58.9 Å². The van der Waals surface area contributed by atoms with Gasteiger partial charge in [-0.3, -0.25) is 9.59 Å². The van der Waals surface area contributed by atoms with Gasteiger partial charge in [0.1, 0.15) is 0 Å². The lowest BCUT2D eigenvalue weighted by Gasteiger charge is -1.96. The van der Waals surface area contributed by atoms with E-state index in [9.17, 15) is 9.59 Å². The monoisotopic (exact) mass is 214 g/mol. The zero-order valence-electron chi connectivity index (χ0n) is 8.59. The quantitative estimate of drug-likeness (QED) is 0.439. The molecule has 1 aromatic carbocycles. The summed E-state index contributed by atoms with van der Waals surface area (Å²) in [4.78, 5) is 23.6. The van der Waals surface area contributed by atoms with Crippen LogP contribution in [0.3, 0.4) is 0 Å². The molecule has 0 saturated carbocycles. The Labute approximate surface area is 92.7 Å². The molecule has 0 aromatic heterocycles. The molecule has 0 unspecified atom stereocenters. The fourth-order valence-corrected chi connectivity index (χ4v) is 1.62. The van der Waals surface area contributed by atoms with Gasteiger partial charge in [-0.1, -0.05) is 30.3 Å². The Morgan fingerprint density at radius 2 is 1.75 bits per heavy atom. The number of carbonyl (C=O) groups is 2. The van der Waals surface area contributed by atoms with Crippen LogP contribution in [0.25, 0.3) is 0 Å². The zero-order valence-corrected chi connectivity index (χ0v) is 8.59. The third-order valence-corrected chi connectivity index (χ3v) is 2.36. The van der Waals surface area contributed by atoms with E-state index in [1.54, 1.807) is 30.3 Å². The Bertz CT molecular complexity index is 457. The van der Waals surface area contributed by atoms with E-state index in [2.05, 4.69) is 16.8 Å². The SMILES string of the molecule is C=CCN=NC1C(=O)c2ccccc2C1=O. The van der Waals surface area contributed by atoms with Gasteiger partial charge < -0.3 is 0 Å². The molecule has 80 valence electrons. The Hall–Kier alpha value is -2.10. The third-order valence-electron chi connectivity index (χ3n) is 2.36. The maximum absolute atomic E-state index is 11.8. The van der Waals surface area contributed by atoms with Crippen LogP contribution in [-0.2, 0) is 0 Å². The first kappa shape index (κ1) is 10.4. The summed E-state index contributed by atoms with van der Waals surface area (Å²) in [5, 5.41) is 7.47. The van der Waals surface area contributed by atoms with Crippen molar-refractivity contribution in [3.8, 4) is 0 Å². The second kappa shape index (κ2) is 4.18. The molecular formula is C12H10N2O2. The lowest BCUT2D eigenvalue weighted by atomic mass is 10.1. The van der Waals surface area contributed by atoms with Crippen LogP contribution in [0.2, 0.25) is 0 Å². The molecule has 4 nitrogen and oxygen atoms in total. The highest BCUT2D eigenvalue weighted by Crippen LogP contribution is 2.24. The third kappa shape index (κ3) is 1.58. The number of benzene rings is 1. The molecule has 1 aromatic rings. The molecule has 1 aliphatic rings. The van der Waals surface area contributed by atoms with Crippen LogP contribution in [0, 0.1) is 0 Å². The van der Waals surface area contributed by atoms with Gasteiger partial charge in [-0.05, 0) is 0 Å². The van der Waals surface area contributed by atoms with E-state index in [1.165, 1.54) is 0 Å². The molecule has 0 fully saturated rings. The maximum atomic E-state index is 11.8. The van der Waals surface area contributed by atoms with Crippen molar-refractivity contribution in [2.75, 3.05) is 6.54 Å². The molecule has 1 aliphatic carbocycles. The first-order valence-corrected chi connectivity index (χ1v) is 4.90. The van der Waals surface area contributed by atoms with Crippen molar-refractivity contribution in [2.45, 2.75) is 6.04 Å². The van der Waals surface area contributed by atoms with E-state index < -0.39 is 6.04 Å². The van der Waals surface area contributed by atoms with E-state index in [1.807, 2.05) is 0 Å². The molecule has 0 N–H and O–H groups in total. The minimum absolute atomic E-state index is 0.270. The highest BCUT2D eigenvalue weighted by atomic mass is 16.2. The van der Waals surface area contributed by atoms with Gasteiger partial charge in [0.25, 0.3) is 0 Å². The van der Waals surface area contributed by atoms with Crippen LogP contribution in [0.15, 0.2) is 47.1 Å². The van der Waals surface area contributed by atoms with Crippen LogP contribution < -0.4 is 0 Å². The number of carbonyl (C=O) groups excluding carboxylic acids is 2.